The van der Waals surface area contributed by atoms with Crippen LogP contribution in [0.3, 0.4) is 0 Å². The molecule has 3 heterocycles. The molecule has 242 valence electrons. The van der Waals surface area contributed by atoms with E-state index in [1.807, 2.05) is 0 Å². The maximum atomic E-state index is 14.3. The van der Waals surface area contributed by atoms with Crippen molar-refractivity contribution in [3.63, 3.8) is 0 Å². The van der Waals surface area contributed by atoms with E-state index in [-0.39, 0.29) is 5.54 Å². The Balaban J connectivity index is 1.16. The summed E-state index contributed by atoms with van der Waals surface area (Å²) >= 11 is 0. The molecular formula is C35H61N7O. The van der Waals surface area contributed by atoms with Crippen LogP contribution >= 0.6 is 0 Å². The van der Waals surface area contributed by atoms with Gasteiger partial charge in [0.25, 0.3) is 0 Å². The second kappa shape index (κ2) is 16.6. The van der Waals surface area contributed by atoms with Crippen LogP contribution in [0.25, 0.3) is 0 Å². The number of benzene rings is 1. The Bertz CT molecular complexity index is 929. The maximum absolute atomic E-state index is 14.3. The minimum absolute atomic E-state index is 0.375. The predicted octanol–water partition coefficient (Wildman–Crippen LogP) is 3.60. The van der Waals surface area contributed by atoms with E-state index < -0.39 is 0 Å². The molecule has 8 nitrogen and oxygen atoms in total. The van der Waals surface area contributed by atoms with E-state index in [4.69, 9.17) is 0 Å². The number of para-hydroxylation sites is 1. The van der Waals surface area contributed by atoms with Crippen LogP contribution in [0.4, 0.5) is 5.69 Å². The minimum atomic E-state index is -0.387. The lowest BCUT2D eigenvalue weighted by Crippen LogP contribution is -2.58. The summed E-state index contributed by atoms with van der Waals surface area (Å²) in [6, 6.07) is 11.5. The van der Waals surface area contributed by atoms with E-state index in [9.17, 15) is 4.79 Å². The molecule has 0 radical (unpaired) electrons. The van der Waals surface area contributed by atoms with Gasteiger partial charge in [-0.05, 0) is 114 Å². The fourth-order valence-corrected chi connectivity index (χ4v) is 8.14. The molecule has 8 heteroatoms. The van der Waals surface area contributed by atoms with E-state index >= 15 is 0 Å². The average molecular weight is 596 g/mol. The van der Waals surface area contributed by atoms with Gasteiger partial charge in [-0.1, -0.05) is 32.0 Å². The normalized spacial score (nSPS) is 27.6. The van der Waals surface area contributed by atoms with Crippen LogP contribution in [-0.2, 0) is 4.79 Å². The second-order valence-electron chi connectivity index (χ2n) is 14.0. The van der Waals surface area contributed by atoms with Crippen LogP contribution in [0.15, 0.2) is 30.3 Å². The summed E-state index contributed by atoms with van der Waals surface area (Å²) in [6.07, 6.45) is 10.7. The van der Waals surface area contributed by atoms with Crippen LogP contribution in [-0.4, -0.2) is 117 Å². The third kappa shape index (κ3) is 8.72. The highest BCUT2D eigenvalue weighted by Gasteiger charge is 2.54. The van der Waals surface area contributed by atoms with Gasteiger partial charge in [0.05, 0.1) is 6.67 Å². The minimum Gasteiger partial charge on any atom is -0.339 e. The molecule has 4 fully saturated rings. The van der Waals surface area contributed by atoms with Crippen LogP contribution < -0.4 is 20.9 Å². The Morgan fingerprint density at radius 1 is 0.791 bits per heavy atom. The summed E-state index contributed by atoms with van der Waals surface area (Å²) < 4.78 is 0. The molecule has 1 spiro atoms. The summed E-state index contributed by atoms with van der Waals surface area (Å²) in [7, 11) is 0. The summed E-state index contributed by atoms with van der Waals surface area (Å²) in [5.74, 6) is 2.08. The van der Waals surface area contributed by atoms with E-state index in [2.05, 4.69) is 79.7 Å². The smallest absolute Gasteiger partial charge is 0.250 e. The fourth-order valence-electron chi connectivity index (χ4n) is 8.14. The third-order valence-electron chi connectivity index (χ3n) is 10.9. The van der Waals surface area contributed by atoms with Crippen LogP contribution in [0.2, 0.25) is 0 Å². The van der Waals surface area contributed by atoms with Gasteiger partial charge in [-0.3, -0.25) is 4.79 Å². The largest absolute Gasteiger partial charge is 0.339 e. The van der Waals surface area contributed by atoms with E-state index in [0.29, 0.717) is 11.9 Å². The summed E-state index contributed by atoms with van der Waals surface area (Å²) in [5.41, 5.74) is 0.815. The highest BCUT2D eigenvalue weighted by molar-refractivity contribution is 5.93. The Morgan fingerprint density at radius 3 is 2.16 bits per heavy atom. The molecule has 0 unspecified atom stereocenters. The second-order valence-corrected chi connectivity index (χ2v) is 14.0. The molecule has 1 aromatic rings. The maximum Gasteiger partial charge on any atom is 0.250 e. The standard InChI is InChI=1S/C35H61N7O/c1-30(2)31-11-13-32(14-12-31)40-26-15-35(16-27-40)34(43)41(29-42(35)33-9-4-3-5-10-33)25-8-24-39-23-7-19-37-21-20-36-17-6-18-38-22-28-39/h3-5,9-10,30-32,36-38H,6-8,11-29H2,1-2H3/t31-,32+. The molecule has 0 bridgehead atoms. The Labute approximate surface area is 262 Å². The van der Waals surface area contributed by atoms with Crippen molar-refractivity contribution < 1.29 is 4.79 Å². The number of carbonyl (C=O) groups is 1. The summed E-state index contributed by atoms with van der Waals surface area (Å²) in [6.45, 7) is 18.0. The van der Waals surface area contributed by atoms with Crippen LogP contribution in [0.1, 0.15) is 71.6 Å². The quantitative estimate of drug-likeness (QED) is 0.445. The molecule has 4 aliphatic rings. The third-order valence-corrected chi connectivity index (χ3v) is 10.9. The van der Waals surface area contributed by atoms with Gasteiger partial charge in [0.15, 0.2) is 0 Å². The van der Waals surface area contributed by atoms with E-state index in [1.165, 1.54) is 44.2 Å². The van der Waals surface area contributed by atoms with Gasteiger partial charge in [-0.15, -0.1) is 0 Å². The molecule has 3 aliphatic heterocycles. The molecule has 3 N–H and O–H groups in total. The Hall–Kier alpha value is -1.71. The number of rotatable bonds is 7. The van der Waals surface area contributed by atoms with Gasteiger partial charge >= 0.3 is 0 Å². The van der Waals surface area contributed by atoms with Crippen molar-refractivity contribution in [2.45, 2.75) is 83.2 Å². The number of amides is 1. The number of likely N-dealkylation sites (tertiary alicyclic amines) is 1. The molecule has 1 aliphatic carbocycles. The Kier molecular flexibility index (Phi) is 12.6. The monoisotopic (exact) mass is 595 g/mol. The van der Waals surface area contributed by atoms with Crippen LogP contribution in [0, 0.1) is 11.8 Å². The molecule has 1 amide bonds. The van der Waals surface area contributed by atoms with Crippen molar-refractivity contribution in [3.8, 4) is 0 Å². The fraction of sp³-hybridized carbons (Fsp3) is 0.800. The van der Waals surface area contributed by atoms with Crippen LogP contribution in [0.5, 0.6) is 0 Å². The molecule has 3 saturated heterocycles. The zero-order chi connectivity index (χ0) is 29.9. The first-order valence-electron chi connectivity index (χ1n) is 17.8. The molecule has 43 heavy (non-hydrogen) atoms. The lowest BCUT2D eigenvalue weighted by Gasteiger charge is -2.47. The zero-order valence-corrected chi connectivity index (χ0v) is 27.4. The SMILES string of the molecule is CC(C)[C@H]1CC[C@@H](N2CCC3(CC2)C(=O)N(CCCN2CCCNCCNCCCNCC2)CN3c2ccccc2)CC1. The lowest BCUT2D eigenvalue weighted by molar-refractivity contribution is -0.134. The first kappa shape index (κ1) is 32.7. The first-order chi connectivity index (χ1) is 21.1. The molecule has 0 aromatic heterocycles. The van der Waals surface area contributed by atoms with Crippen molar-refractivity contribution in [1.29, 1.82) is 0 Å². The highest BCUT2D eigenvalue weighted by Crippen LogP contribution is 2.41. The van der Waals surface area contributed by atoms with E-state index in [0.717, 1.165) is 116 Å². The number of carbonyl (C=O) groups excluding carboxylic acids is 1. The number of nitrogens with one attached hydrogen (secondary N) is 3. The summed E-state index contributed by atoms with van der Waals surface area (Å²) in [5, 5.41) is 10.7. The first-order valence-corrected chi connectivity index (χ1v) is 17.8. The molecule has 5 rings (SSSR count). The van der Waals surface area contributed by atoms with Gasteiger partial charge in [-0.25, -0.2) is 0 Å². The van der Waals surface area contributed by atoms with Gasteiger partial charge in [0.1, 0.15) is 5.54 Å². The number of hydrogen-bond acceptors (Lipinski definition) is 7. The van der Waals surface area contributed by atoms with Crippen molar-refractivity contribution in [2.24, 2.45) is 11.8 Å². The average Bonchev–Trinajstić information content (AvgIpc) is 3.30. The van der Waals surface area contributed by atoms with Crippen molar-refractivity contribution in [2.75, 3.05) is 90.1 Å². The molecule has 1 aromatic carbocycles. The van der Waals surface area contributed by atoms with Crippen molar-refractivity contribution in [1.82, 2.24) is 30.7 Å². The highest BCUT2D eigenvalue weighted by atomic mass is 16.2. The number of piperidine rings is 1. The van der Waals surface area contributed by atoms with E-state index in [1.54, 1.807) is 0 Å². The van der Waals surface area contributed by atoms with Gasteiger partial charge in [0.2, 0.25) is 5.91 Å². The van der Waals surface area contributed by atoms with Crippen molar-refractivity contribution in [3.05, 3.63) is 30.3 Å². The molecule has 1 saturated carbocycles. The van der Waals surface area contributed by atoms with Gasteiger partial charge in [-0.2, -0.15) is 0 Å². The Morgan fingerprint density at radius 2 is 1.47 bits per heavy atom. The van der Waals surface area contributed by atoms with Gasteiger partial charge in [0, 0.05) is 57.5 Å². The van der Waals surface area contributed by atoms with Crippen molar-refractivity contribution >= 4 is 11.6 Å². The lowest BCUT2D eigenvalue weighted by atomic mass is 9.78. The summed E-state index contributed by atoms with van der Waals surface area (Å²) in [4.78, 5) is 24.3. The van der Waals surface area contributed by atoms with Gasteiger partial charge < -0.3 is 35.6 Å². The predicted molar refractivity (Wildman–Crippen MR) is 179 cm³/mol. The number of hydrogen-bond donors (Lipinski definition) is 3. The molecule has 0 atom stereocenters. The number of nitrogens with zero attached hydrogens (tertiary/aromatic N) is 4. The zero-order valence-electron chi connectivity index (χ0n) is 27.4. The molecular weight excluding hydrogens is 534 g/mol. The topological polar surface area (TPSA) is 66.1 Å². The number of anilines is 1.